The summed E-state index contributed by atoms with van der Waals surface area (Å²) in [6.07, 6.45) is 5.91. The summed E-state index contributed by atoms with van der Waals surface area (Å²) in [5, 5.41) is 0. The van der Waals surface area contributed by atoms with Gasteiger partial charge in [-0.15, -0.1) is 0 Å². The molecule has 0 N–H and O–H groups in total. The Hall–Kier alpha value is -1.86. The minimum Gasteiger partial charge on any atom is -0.289 e. The molecular weight excluding hydrogens is 278 g/mol. The Morgan fingerprint density at radius 3 is 1.70 bits per heavy atom. The third-order valence-corrected chi connectivity index (χ3v) is 4.40. The van der Waals surface area contributed by atoms with Gasteiger partial charge in [-0.1, -0.05) is 93.1 Å². The number of nitrogens with zero attached hydrogens (tertiary/aromatic N) is 1. The second-order valence-electron chi connectivity index (χ2n) is 6.39. The normalized spacial score (nSPS) is 14.3. The van der Waals surface area contributed by atoms with Gasteiger partial charge in [0, 0.05) is 19.1 Å². The molecule has 2 rings (SSSR count). The van der Waals surface area contributed by atoms with Gasteiger partial charge in [0.25, 0.3) is 0 Å². The van der Waals surface area contributed by atoms with E-state index in [0.29, 0.717) is 12.0 Å². The second kappa shape index (κ2) is 9.32. The molecule has 0 fully saturated rings. The standard InChI is InChI=1S/C22H29N/c1-4-19(2)15-16-20(3)23(17-21-11-7-5-8-12-21)18-22-13-9-6-10-14-22/h5-16,19-20H,4,17-18H2,1-3H3/b16-15+/t19?,20-/m0/s1. The maximum atomic E-state index is 2.53. The molecule has 2 aromatic rings. The summed E-state index contributed by atoms with van der Waals surface area (Å²) < 4.78 is 0. The molecule has 0 amide bonds. The van der Waals surface area contributed by atoms with Gasteiger partial charge in [-0.05, 0) is 24.0 Å². The van der Waals surface area contributed by atoms with Gasteiger partial charge in [0.05, 0.1) is 0 Å². The van der Waals surface area contributed by atoms with Crippen molar-refractivity contribution in [1.82, 2.24) is 4.90 Å². The van der Waals surface area contributed by atoms with Crippen LogP contribution in [0.15, 0.2) is 72.8 Å². The van der Waals surface area contributed by atoms with E-state index in [1.165, 1.54) is 17.5 Å². The highest BCUT2D eigenvalue weighted by molar-refractivity contribution is 5.18. The molecule has 0 aromatic heterocycles. The molecule has 0 heterocycles. The summed E-state index contributed by atoms with van der Waals surface area (Å²) >= 11 is 0. The van der Waals surface area contributed by atoms with E-state index in [4.69, 9.17) is 0 Å². The number of allylic oxidation sites excluding steroid dienone is 1. The molecular formula is C22H29N. The first-order valence-electron chi connectivity index (χ1n) is 8.69. The van der Waals surface area contributed by atoms with Crippen molar-refractivity contribution in [3.63, 3.8) is 0 Å². The van der Waals surface area contributed by atoms with Crippen LogP contribution in [0.3, 0.4) is 0 Å². The minimum absolute atomic E-state index is 0.421. The smallest absolute Gasteiger partial charge is 0.0257 e. The minimum atomic E-state index is 0.421. The van der Waals surface area contributed by atoms with E-state index in [-0.39, 0.29) is 0 Å². The molecule has 2 atom stereocenters. The van der Waals surface area contributed by atoms with Gasteiger partial charge in [0.2, 0.25) is 0 Å². The summed E-state index contributed by atoms with van der Waals surface area (Å²) in [5.74, 6) is 0.646. The van der Waals surface area contributed by atoms with Gasteiger partial charge < -0.3 is 0 Å². The predicted octanol–water partition coefficient (Wildman–Crippen LogP) is 5.68. The van der Waals surface area contributed by atoms with Crippen LogP contribution in [0.4, 0.5) is 0 Å². The lowest BCUT2D eigenvalue weighted by Crippen LogP contribution is -2.30. The Kier molecular flexibility index (Phi) is 7.09. The average molecular weight is 307 g/mol. The van der Waals surface area contributed by atoms with Crippen molar-refractivity contribution in [3.8, 4) is 0 Å². The van der Waals surface area contributed by atoms with Crippen LogP contribution in [-0.4, -0.2) is 10.9 Å². The van der Waals surface area contributed by atoms with E-state index in [1.807, 2.05) is 0 Å². The molecule has 1 nitrogen and oxygen atoms in total. The van der Waals surface area contributed by atoms with Crippen LogP contribution >= 0.6 is 0 Å². The van der Waals surface area contributed by atoms with Crippen LogP contribution in [0.2, 0.25) is 0 Å². The fraction of sp³-hybridized carbons (Fsp3) is 0.364. The average Bonchev–Trinajstić information content (AvgIpc) is 2.60. The molecule has 0 radical (unpaired) electrons. The van der Waals surface area contributed by atoms with Crippen molar-refractivity contribution < 1.29 is 0 Å². The molecule has 0 saturated heterocycles. The molecule has 122 valence electrons. The molecule has 0 saturated carbocycles. The molecule has 0 aliphatic carbocycles. The number of hydrogen-bond donors (Lipinski definition) is 0. The van der Waals surface area contributed by atoms with Crippen molar-refractivity contribution >= 4 is 0 Å². The van der Waals surface area contributed by atoms with Crippen LogP contribution in [0, 0.1) is 5.92 Å². The van der Waals surface area contributed by atoms with Crippen molar-refractivity contribution in [1.29, 1.82) is 0 Å². The van der Waals surface area contributed by atoms with Crippen LogP contribution in [0.25, 0.3) is 0 Å². The lowest BCUT2D eigenvalue weighted by atomic mass is 10.1. The fourth-order valence-electron chi connectivity index (χ4n) is 2.59. The largest absolute Gasteiger partial charge is 0.289 e. The van der Waals surface area contributed by atoms with E-state index < -0.39 is 0 Å². The quantitative estimate of drug-likeness (QED) is 0.567. The third-order valence-electron chi connectivity index (χ3n) is 4.40. The van der Waals surface area contributed by atoms with E-state index in [0.717, 1.165) is 13.1 Å². The Balaban J connectivity index is 2.11. The lowest BCUT2D eigenvalue weighted by Gasteiger charge is -2.27. The van der Waals surface area contributed by atoms with E-state index in [1.54, 1.807) is 0 Å². The fourth-order valence-corrected chi connectivity index (χ4v) is 2.59. The van der Waals surface area contributed by atoms with Gasteiger partial charge in [-0.25, -0.2) is 0 Å². The first-order chi connectivity index (χ1) is 11.2. The highest BCUT2D eigenvalue weighted by Crippen LogP contribution is 2.15. The van der Waals surface area contributed by atoms with Crippen molar-refractivity contribution in [2.45, 2.75) is 46.3 Å². The van der Waals surface area contributed by atoms with Gasteiger partial charge in [0.1, 0.15) is 0 Å². The van der Waals surface area contributed by atoms with E-state index in [9.17, 15) is 0 Å². The van der Waals surface area contributed by atoms with Gasteiger partial charge in [-0.3, -0.25) is 4.90 Å². The molecule has 2 aromatic carbocycles. The summed E-state index contributed by atoms with van der Waals surface area (Å²) in [7, 11) is 0. The summed E-state index contributed by atoms with van der Waals surface area (Å²) in [6, 6.07) is 21.9. The highest BCUT2D eigenvalue weighted by Gasteiger charge is 2.12. The molecule has 1 heteroatoms. The lowest BCUT2D eigenvalue weighted by molar-refractivity contribution is 0.222. The maximum absolute atomic E-state index is 2.53. The Bertz CT molecular complexity index is 532. The summed E-state index contributed by atoms with van der Waals surface area (Å²) in [6.45, 7) is 8.77. The Morgan fingerprint density at radius 1 is 0.783 bits per heavy atom. The zero-order valence-electron chi connectivity index (χ0n) is 14.7. The zero-order chi connectivity index (χ0) is 16.5. The maximum Gasteiger partial charge on any atom is 0.0257 e. The van der Waals surface area contributed by atoms with Crippen molar-refractivity contribution in [3.05, 3.63) is 83.9 Å². The number of benzene rings is 2. The summed E-state index contributed by atoms with van der Waals surface area (Å²) in [4.78, 5) is 2.53. The van der Waals surface area contributed by atoms with Gasteiger partial charge in [0.15, 0.2) is 0 Å². The molecule has 0 bridgehead atoms. The second-order valence-corrected chi connectivity index (χ2v) is 6.39. The molecule has 0 aliphatic rings. The molecule has 23 heavy (non-hydrogen) atoms. The summed E-state index contributed by atoms with van der Waals surface area (Å²) in [5.41, 5.74) is 2.74. The molecule has 1 unspecified atom stereocenters. The van der Waals surface area contributed by atoms with E-state index >= 15 is 0 Å². The van der Waals surface area contributed by atoms with Crippen LogP contribution in [0.1, 0.15) is 38.3 Å². The van der Waals surface area contributed by atoms with Crippen LogP contribution in [-0.2, 0) is 13.1 Å². The third kappa shape index (κ3) is 6.03. The zero-order valence-corrected chi connectivity index (χ0v) is 14.7. The first-order valence-corrected chi connectivity index (χ1v) is 8.69. The van der Waals surface area contributed by atoms with Gasteiger partial charge >= 0.3 is 0 Å². The Morgan fingerprint density at radius 2 is 1.26 bits per heavy atom. The van der Waals surface area contributed by atoms with Crippen molar-refractivity contribution in [2.75, 3.05) is 0 Å². The molecule has 0 aliphatic heterocycles. The first kappa shape index (κ1) is 17.5. The van der Waals surface area contributed by atoms with Crippen molar-refractivity contribution in [2.24, 2.45) is 5.92 Å². The monoisotopic (exact) mass is 307 g/mol. The SMILES string of the molecule is CCC(C)/C=C/[C@H](C)N(Cc1ccccc1)Cc1ccccc1. The topological polar surface area (TPSA) is 3.24 Å². The number of hydrogen-bond acceptors (Lipinski definition) is 1. The van der Waals surface area contributed by atoms with Gasteiger partial charge in [-0.2, -0.15) is 0 Å². The highest BCUT2D eigenvalue weighted by atomic mass is 15.1. The predicted molar refractivity (Wildman–Crippen MR) is 100 cm³/mol. The number of rotatable bonds is 8. The van der Waals surface area contributed by atoms with E-state index in [2.05, 4.69) is 98.5 Å². The molecule has 0 spiro atoms. The Labute approximate surface area is 141 Å². The van der Waals surface area contributed by atoms with Crippen LogP contribution in [0.5, 0.6) is 0 Å². The van der Waals surface area contributed by atoms with Crippen LogP contribution < -0.4 is 0 Å².